The number of aromatic hydroxyl groups is 1. The minimum Gasteiger partial charge on any atom is -0.508 e. The van der Waals surface area contributed by atoms with Crippen LogP contribution in [0.4, 0.5) is 4.39 Å². The SMILES string of the molecule is CC(C)Cc1nc(-c2cc(O)cc(F)c2)[nH]c(=O)c1Br. The molecule has 0 saturated carbocycles. The Morgan fingerprint density at radius 2 is 2.10 bits per heavy atom. The lowest BCUT2D eigenvalue weighted by atomic mass is 10.1. The van der Waals surface area contributed by atoms with Crippen molar-refractivity contribution in [1.29, 1.82) is 0 Å². The Bertz CT molecular complexity index is 678. The minimum absolute atomic E-state index is 0.212. The summed E-state index contributed by atoms with van der Waals surface area (Å²) in [5.74, 6) is -0.232. The maximum atomic E-state index is 13.3. The molecule has 0 aliphatic rings. The van der Waals surface area contributed by atoms with Gasteiger partial charge in [-0.3, -0.25) is 4.79 Å². The molecular formula is C14H14BrFN2O2. The first-order chi connectivity index (χ1) is 9.36. The van der Waals surface area contributed by atoms with Crippen LogP contribution in [-0.4, -0.2) is 15.1 Å². The molecule has 0 unspecified atom stereocenters. The second kappa shape index (κ2) is 5.75. The molecule has 4 nitrogen and oxygen atoms in total. The van der Waals surface area contributed by atoms with E-state index in [1.165, 1.54) is 12.1 Å². The first-order valence-corrected chi connectivity index (χ1v) is 6.94. The monoisotopic (exact) mass is 340 g/mol. The van der Waals surface area contributed by atoms with Crippen molar-refractivity contribution >= 4 is 15.9 Å². The summed E-state index contributed by atoms with van der Waals surface area (Å²) < 4.78 is 13.7. The molecule has 0 radical (unpaired) electrons. The predicted octanol–water partition coefficient (Wildman–Crippen LogP) is 3.24. The number of nitrogens with zero attached hydrogens (tertiary/aromatic N) is 1. The largest absolute Gasteiger partial charge is 0.508 e. The van der Waals surface area contributed by atoms with Crippen molar-refractivity contribution in [3.8, 4) is 17.1 Å². The lowest BCUT2D eigenvalue weighted by Gasteiger charge is -2.09. The standard InChI is InChI=1S/C14H14BrFN2O2/c1-7(2)3-11-12(15)14(20)18-13(17-11)8-4-9(16)6-10(19)5-8/h4-7,19H,3H2,1-2H3,(H,17,18,20). The molecule has 20 heavy (non-hydrogen) atoms. The van der Waals surface area contributed by atoms with Gasteiger partial charge in [-0.15, -0.1) is 0 Å². The molecule has 0 spiro atoms. The quantitative estimate of drug-likeness (QED) is 0.901. The van der Waals surface area contributed by atoms with Gasteiger partial charge in [-0.1, -0.05) is 13.8 Å². The maximum Gasteiger partial charge on any atom is 0.265 e. The number of hydrogen-bond acceptors (Lipinski definition) is 3. The number of benzene rings is 1. The zero-order valence-corrected chi connectivity index (χ0v) is 12.7. The predicted molar refractivity (Wildman–Crippen MR) is 78.2 cm³/mol. The number of nitrogens with one attached hydrogen (secondary N) is 1. The summed E-state index contributed by atoms with van der Waals surface area (Å²) in [7, 11) is 0. The highest BCUT2D eigenvalue weighted by Crippen LogP contribution is 2.23. The van der Waals surface area contributed by atoms with Crippen molar-refractivity contribution in [3.05, 3.63) is 44.5 Å². The number of phenols is 1. The average molecular weight is 341 g/mol. The Hall–Kier alpha value is -1.69. The molecule has 0 fully saturated rings. The molecule has 6 heteroatoms. The van der Waals surface area contributed by atoms with Gasteiger partial charge in [0.25, 0.3) is 5.56 Å². The van der Waals surface area contributed by atoms with Crippen LogP contribution < -0.4 is 5.56 Å². The van der Waals surface area contributed by atoms with E-state index < -0.39 is 5.82 Å². The fourth-order valence-electron chi connectivity index (χ4n) is 1.87. The summed E-state index contributed by atoms with van der Waals surface area (Å²) in [6.45, 7) is 4.03. The molecule has 1 heterocycles. The van der Waals surface area contributed by atoms with Crippen LogP contribution in [0.3, 0.4) is 0 Å². The molecule has 0 saturated heterocycles. The Morgan fingerprint density at radius 1 is 1.40 bits per heavy atom. The van der Waals surface area contributed by atoms with E-state index in [1.54, 1.807) is 0 Å². The number of phenolic OH excluding ortho intramolecular Hbond substituents is 1. The lowest BCUT2D eigenvalue weighted by molar-refractivity contribution is 0.469. The topological polar surface area (TPSA) is 66.0 Å². The van der Waals surface area contributed by atoms with Crippen molar-refractivity contribution in [2.45, 2.75) is 20.3 Å². The second-order valence-electron chi connectivity index (χ2n) is 4.97. The molecule has 0 bridgehead atoms. The van der Waals surface area contributed by atoms with Crippen LogP contribution in [0.15, 0.2) is 27.5 Å². The Kier molecular flexibility index (Phi) is 4.23. The molecule has 106 valence electrons. The molecule has 1 aromatic heterocycles. The van der Waals surface area contributed by atoms with Gasteiger partial charge in [0.05, 0.1) is 5.69 Å². The van der Waals surface area contributed by atoms with E-state index in [1.807, 2.05) is 13.8 Å². The average Bonchev–Trinajstić information content (AvgIpc) is 2.32. The number of halogens is 2. The summed E-state index contributed by atoms with van der Waals surface area (Å²) in [6.07, 6.45) is 0.624. The normalized spacial score (nSPS) is 11.1. The van der Waals surface area contributed by atoms with Gasteiger partial charge in [0.2, 0.25) is 0 Å². The Morgan fingerprint density at radius 3 is 2.70 bits per heavy atom. The third-order valence-corrected chi connectivity index (χ3v) is 3.51. The molecule has 2 aromatic rings. The van der Waals surface area contributed by atoms with Crippen LogP contribution in [0, 0.1) is 11.7 Å². The van der Waals surface area contributed by atoms with Crippen molar-refractivity contribution in [2.75, 3.05) is 0 Å². The fraction of sp³-hybridized carbons (Fsp3) is 0.286. The van der Waals surface area contributed by atoms with E-state index >= 15 is 0 Å². The van der Waals surface area contributed by atoms with Crippen LogP contribution >= 0.6 is 15.9 Å². The van der Waals surface area contributed by atoms with Crippen LogP contribution in [0.5, 0.6) is 5.75 Å². The molecule has 2 N–H and O–H groups in total. The first-order valence-electron chi connectivity index (χ1n) is 6.15. The number of H-pyrrole nitrogens is 1. The van der Waals surface area contributed by atoms with Gasteiger partial charge in [0.1, 0.15) is 21.9 Å². The van der Waals surface area contributed by atoms with Gasteiger partial charge in [-0.2, -0.15) is 0 Å². The van der Waals surface area contributed by atoms with Gasteiger partial charge in [-0.25, -0.2) is 9.37 Å². The summed E-state index contributed by atoms with van der Waals surface area (Å²) >= 11 is 3.21. The van der Waals surface area contributed by atoms with Crippen LogP contribution in [0.2, 0.25) is 0 Å². The van der Waals surface area contributed by atoms with Gasteiger partial charge in [-0.05, 0) is 40.4 Å². The van der Waals surface area contributed by atoms with Crippen molar-refractivity contribution < 1.29 is 9.50 Å². The molecular weight excluding hydrogens is 327 g/mol. The molecule has 0 amide bonds. The van der Waals surface area contributed by atoms with Crippen LogP contribution in [0.25, 0.3) is 11.4 Å². The molecule has 2 rings (SSSR count). The number of rotatable bonds is 3. The number of hydrogen-bond donors (Lipinski definition) is 2. The van der Waals surface area contributed by atoms with E-state index in [4.69, 9.17) is 0 Å². The Labute approximate surface area is 123 Å². The highest BCUT2D eigenvalue weighted by Gasteiger charge is 2.13. The smallest absolute Gasteiger partial charge is 0.265 e. The molecule has 0 aliphatic carbocycles. The maximum absolute atomic E-state index is 13.3. The first kappa shape index (κ1) is 14.7. The van der Waals surface area contributed by atoms with Crippen LogP contribution in [-0.2, 0) is 6.42 Å². The Balaban J connectivity index is 2.57. The van der Waals surface area contributed by atoms with Gasteiger partial charge in [0.15, 0.2) is 0 Å². The summed E-state index contributed by atoms with van der Waals surface area (Å²) in [4.78, 5) is 18.8. The fourth-order valence-corrected chi connectivity index (χ4v) is 2.22. The molecule has 1 aromatic carbocycles. The highest BCUT2D eigenvalue weighted by molar-refractivity contribution is 9.10. The zero-order chi connectivity index (χ0) is 14.9. The van der Waals surface area contributed by atoms with Gasteiger partial charge >= 0.3 is 0 Å². The van der Waals surface area contributed by atoms with E-state index in [0.717, 1.165) is 6.07 Å². The van der Waals surface area contributed by atoms with Crippen molar-refractivity contribution in [1.82, 2.24) is 9.97 Å². The van der Waals surface area contributed by atoms with Gasteiger partial charge in [0, 0.05) is 11.6 Å². The molecule has 0 atom stereocenters. The number of aromatic amines is 1. The van der Waals surface area contributed by atoms with Crippen molar-refractivity contribution in [3.63, 3.8) is 0 Å². The van der Waals surface area contributed by atoms with E-state index in [9.17, 15) is 14.3 Å². The minimum atomic E-state index is -0.587. The summed E-state index contributed by atoms with van der Waals surface area (Å²) in [6, 6.07) is 3.56. The van der Waals surface area contributed by atoms with E-state index in [-0.39, 0.29) is 17.1 Å². The summed E-state index contributed by atoms with van der Waals surface area (Å²) in [5.41, 5.74) is 0.619. The van der Waals surface area contributed by atoms with Gasteiger partial charge < -0.3 is 10.1 Å². The second-order valence-corrected chi connectivity index (χ2v) is 5.76. The highest BCUT2D eigenvalue weighted by atomic mass is 79.9. The number of aromatic nitrogens is 2. The lowest BCUT2D eigenvalue weighted by Crippen LogP contribution is -2.15. The summed E-state index contributed by atoms with van der Waals surface area (Å²) in [5, 5.41) is 9.42. The zero-order valence-electron chi connectivity index (χ0n) is 11.1. The van der Waals surface area contributed by atoms with E-state index in [2.05, 4.69) is 25.9 Å². The third kappa shape index (κ3) is 3.25. The molecule has 0 aliphatic heterocycles. The van der Waals surface area contributed by atoms with E-state index in [0.29, 0.717) is 28.1 Å². The van der Waals surface area contributed by atoms with Crippen LogP contribution in [0.1, 0.15) is 19.5 Å². The van der Waals surface area contributed by atoms with Crippen molar-refractivity contribution in [2.24, 2.45) is 5.92 Å². The third-order valence-electron chi connectivity index (χ3n) is 2.69.